The van der Waals surface area contributed by atoms with Crippen LogP contribution in [0.1, 0.15) is 18.5 Å². The summed E-state index contributed by atoms with van der Waals surface area (Å²) in [5, 5.41) is 9.45. The summed E-state index contributed by atoms with van der Waals surface area (Å²) in [7, 11) is 0. The highest BCUT2D eigenvalue weighted by Gasteiger charge is 2.34. The first kappa shape index (κ1) is 21.2. The number of hydrogen-bond donors (Lipinski definition) is 2. The molecule has 1 atom stereocenters. The number of nitrogens with zero attached hydrogens (tertiary/aromatic N) is 2. The first-order chi connectivity index (χ1) is 13.8. The highest BCUT2D eigenvalue weighted by Crippen LogP contribution is 2.29. The van der Waals surface area contributed by atoms with Crippen LogP contribution in [0.3, 0.4) is 0 Å². The van der Waals surface area contributed by atoms with Crippen LogP contribution in [-0.4, -0.2) is 28.4 Å². The van der Waals surface area contributed by atoms with Gasteiger partial charge in [0, 0.05) is 5.02 Å². The SMILES string of the molecule is CCOC(=O)C1=C(Cn2ncc(Cl)c(Cl)c2=O)NC(=O)NC1c1ccc(Cl)cc1. The number of allylic oxidation sites excluding steroid dienone is 1. The highest BCUT2D eigenvalue weighted by molar-refractivity contribution is 6.41. The number of esters is 1. The molecule has 0 aliphatic carbocycles. The monoisotopic (exact) mass is 456 g/mol. The summed E-state index contributed by atoms with van der Waals surface area (Å²) in [6.45, 7) is 1.57. The number of aromatic nitrogens is 2. The van der Waals surface area contributed by atoms with Crippen LogP contribution in [0.25, 0.3) is 0 Å². The standard InChI is InChI=1S/C18H15Cl3N4O4/c1-2-29-17(27)13-12(8-25-16(26)14(21)11(20)7-22-25)23-18(28)24-15(13)9-3-5-10(19)6-4-9/h3-7,15H,2,8H2,1H3,(H2,23,24,28). The fraction of sp³-hybridized carbons (Fsp3) is 0.222. The van der Waals surface area contributed by atoms with Gasteiger partial charge in [0.05, 0.1) is 41.7 Å². The van der Waals surface area contributed by atoms with Crippen LogP contribution >= 0.6 is 34.8 Å². The molecule has 11 heteroatoms. The number of hydrogen-bond acceptors (Lipinski definition) is 5. The second kappa shape index (κ2) is 8.86. The molecule has 2 N–H and O–H groups in total. The average molecular weight is 458 g/mol. The Balaban J connectivity index is 2.12. The van der Waals surface area contributed by atoms with Crippen LogP contribution in [0.5, 0.6) is 0 Å². The molecule has 0 radical (unpaired) electrons. The zero-order valence-electron chi connectivity index (χ0n) is 15.0. The maximum Gasteiger partial charge on any atom is 0.338 e. The minimum Gasteiger partial charge on any atom is -0.463 e. The van der Waals surface area contributed by atoms with Gasteiger partial charge in [-0.2, -0.15) is 5.10 Å². The summed E-state index contributed by atoms with van der Waals surface area (Å²) in [6, 6.07) is 5.27. The van der Waals surface area contributed by atoms with Crippen molar-refractivity contribution in [3.05, 3.63) is 72.7 Å². The molecular formula is C18H15Cl3N4O4. The van der Waals surface area contributed by atoms with Crippen molar-refractivity contribution in [1.29, 1.82) is 0 Å². The normalized spacial score (nSPS) is 16.3. The quantitative estimate of drug-likeness (QED) is 0.672. The fourth-order valence-electron chi connectivity index (χ4n) is 2.81. The van der Waals surface area contributed by atoms with Crippen molar-refractivity contribution >= 4 is 46.8 Å². The first-order valence-corrected chi connectivity index (χ1v) is 9.59. The van der Waals surface area contributed by atoms with Crippen molar-refractivity contribution in [2.24, 2.45) is 0 Å². The first-order valence-electron chi connectivity index (χ1n) is 8.46. The maximum atomic E-state index is 12.7. The maximum absolute atomic E-state index is 12.7. The van der Waals surface area contributed by atoms with E-state index in [2.05, 4.69) is 15.7 Å². The van der Waals surface area contributed by atoms with E-state index in [1.165, 1.54) is 6.20 Å². The molecule has 8 nitrogen and oxygen atoms in total. The topological polar surface area (TPSA) is 102 Å². The van der Waals surface area contributed by atoms with E-state index >= 15 is 0 Å². The van der Waals surface area contributed by atoms with Gasteiger partial charge >= 0.3 is 12.0 Å². The third kappa shape index (κ3) is 4.55. The summed E-state index contributed by atoms with van der Waals surface area (Å²) < 4.78 is 6.16. The molecular weight excluding hydrogens is 443 g/mol. The summed E-state index contributed by atoms with van der Waals surface area (Å²) in [4.78, 5) is 37.3. The summed E-state index contributed by atoms with van der Waals surface area (Å²) in [5.41, 5.74) is 0.235. The summed E-state index contributed by atoms with van der Waals surface area (Å²) >= 11 is 17.6. The number of halogens is 3. The number of benzene rings is 1. The molecule has 1 aromatic carbocycles. The van der Waals surface area contributed by atoms with Crippen molar-refractivity contribution in [3.8, 4) is 0 Å². The van der Waals surface area contributed by atoms with Crippen LogP contribution in [-0.2, 0) is 16.1 Å². The Morgan fingerprint density at radius 1 is 1.21 bits per heavy atom. The largest absolute Gasteiger partial charge is 0.463 e. The number of rotatable bonds is 5. The molecule has 0 spiro atoms. The van der Waals surface area contributed by atoms with Gasteiger partial charge in [-0.05, 0) is 24.6 Å². The van der Waals surface area contributed by atoms with Gasteiger partial charge in [-0.1, -0.05) is 46.9 Å². The molecule has 2 amide bonds. The zero-order valence-corrected chi connectivity index (χ0v) is 17.3. The molecule has 152 valence electrons. The van der Waals surface area contributed by atoms with Crippen molar-refractivity contribution in [2.45, 2.75) is 19.5 Å². The fourth-order valence-corrected chi connectivity index (χ4v) is 3.20. The lowest BCUT2D eigenvalue weighted by atomic mass is 9.95. The van der Waals surface area contributed by atoms with Crippen molar-refractivity contribution in [3.63, 3.8) is 0 Å². The van der Waals surface area contributed by atoms with E-state index in [1.807, 2.05) is 0 Å². The van der Waals surface area contributed by atoms with Crippen LogP contribution in [0.15, 0.2) is 46.5 Å². The molecule has 0 saturated carbocycles. The van der Waals surface area contributed by atoms with Gasteiger partial charge in [-0.15, -0.1) is 0 Å². The Hall–Kier alpha value is -2.55. The van der Waals surface area contributed by atoms with Gasteiger partial charge in [0.1, 0.15) is 5.02 Å². The number of nitrogens with one attached hydrogen (secondary N) is 2. The lowest BCUT2D eigenvalue weighted by molar-refractivity contribution is -0.139. The van der Waals surface area contributed by atoms with Gasteiger partial charge < -0.3 is 15.4 Å². The molecule has 1 aliphatic rings. The van der Waals surface area contributed by atoms with E-state index in [4.69, 9.17) is 39.5 Å². The molecule has 0 fully saturated rings. The Morgan fingerprint density at radius 3 is 2.55 bits per heavy atom. The number of amides is 2. The van der Waals surface area contributed by atoms with Crippen molar-refractivity contribution in [2.75, 3.05) is 6.61 Å². The lowest BCUT2D eigenvalue weighted by Gasteiger charge is -2.29. The second-order valence-corrected chi connectivity index (χ2v) is 7.19. The van der Waals surface area contributed by atoms with E-state index in [0.29, 0.717) is 10.6 Å². The number of ether oxygens (including phenoxy) is 1. The summed E-state index contributed by atoms with van der Waals surface area (Å²) in [6.07, 6.45) is 1.20. The Kier molecular flexibility index (Phi) is 6.46. The third-order valence-corrected chi connectivity index (χ3v) is 5.10. The minimum absolute atomic E-state index is 0.000833. The Labute approximate surface area is 180 Å². The predicted octanol–water partition coefficient (Wildman–Crippen LogP) is 3.07. The second-order valence-electron chi connectivity index (χ2n) is 5.97. The van der Waals surface area contributed by atoms with Gasteiger partial charge in [0.25, 0.3) is 5.56 Å². The van der Waals surface area contributed by atoms with Gasteiger partial charge in [0.2, 0.25) is 0 Å². The smallest absolute Gasteiger partial charge is 0.338 e. The van der Waals surface area contributed by atoms with Crippen molar-refractivity contribution in [1.82, 2.24) is 20.4 Å². The molecule has 0 saturated heterocycles. The summed E-state index contributed by atoms with van der Waals surface area (Å²) in [5.74, 6) is -0.650. The lowest BCUT2D eigenvalue weighted by Crippen LogP contribution is -2.47. The zero-order chi connectivity index (χ0) is 21.1. The van der Waals surface area contributed by atoms with E-state index in [9.17, 15) is 14.4 Å². The molecule has 1 unspecified atom stereocenters. The van der Waals surface area contributed by atoms with E-state index in [0.717, 1.165) is 4.68 Å². The average Bonchev–Trinajstić information content (AvgIpc) is 2.68. The molecule has 1 aliphatic heterocycles. The van der Waals surface area contributed by atoms with E-state index in [1.54, 1.807) is 31.2 Å². The Morgan fingerprint density at radius 2 is 1.90 bits per heavy atom. The van der Waals surface area contributed by atoms with Crippen molar-refractivity contribution < 1.29 is 14.3 Å². The minimum atomic E-state index is -0.812. The molecule has 2 heterocycles. The van der Waals surface area contributed by atoms with Gasteiger partial charge in [-0.3, -0.25) is 4.79 Å². The molecule has 1 aromatic heterocycles. The molecule has 2 aromatic rings. The van der Waals surface area contributed by atoms with Crippen LogP contribution in [0.4, 0.5) is 4.79 Å². The molecule has 0 bridgehead atoms. The highest BCUT2D eigenvalue weighted by atomic mass is 35.5. The van der Waals surface area contributed by atoms with Crippen LogP contribution in [0.2, 0.25) is 15.1 Å². The predicted molar refractivity (Wildman–Crippen MR) is 108 cm³/mol. The van der Waals surface area contributed by atoms with E-state index in [-0.39, 0.29) is 34.5 Å². The van der Waals surface area contributed by atoms with Crippen LogP contribution < -0.4 is 16.2 Å². The van der Waals surface area contributed by atoms with Crippen LogP contribution in [0, 0.1) is 0 Å². The van der Waals surface area contributed by atoms with Gasteiger partial charge in [-0.25, -0.2) is 14.3 Å². The molecule has 3 rings (SSSR count). The molecule has 29 heavy (non-hydrogen) atoms. The number of carbonyl (C=O) groups is 2. The third-order valence-electron chi connectivity index (χ3n) is 4.10. The van der Waals surface area contributed by atoms with E-state index < -0.39 is 23.6 Å². The van der Waals surface area contributed by atoms with Gasteiger partial charge in [0.15, 0.2) is 0 Å². The number of urea groups is 1. The Bertz CT molecular complexity index is 1050. The number of carbonyl (C=O) groups excluding carboxylic acids is 2.